The summed E-state index contributed by atoms with van der Waals surface area (Å²) in [5.41, 5.74) is -5.72. The van der Waals surface area contributed by atoms with Crippen molar-refractivity contribution in [3.63, 3.8) is 0 Å². The van der Waals surface area contributed by atoms with Gasteiger partial charge in [-0.1, -0.05) is 26.7 Å². The van der Waals surface area contributed by atoms with Crippen molar-refractivity contribution in [2.24, 2.45) is 5.41 Å². The van der Waals surface area contributed by atoms with Crippen LogP contribution in [0.25, 0.3) is 0 Å². The first-order chi connectivity index (χ1) is 20.7. The van der Waals surface area contributed by atoms with Gasteiger partial charge in [0.05, 0.1) is 18.1 Å². The molecule has 0 aliphatic heterocycles. The Kier molecular flexibility index (Phi) is 20.3. The molecular formula is C29H52O15. The van der Waals surface area contributed by atoms with E-state index in [1.807, 2.05) is 6.92 Å². The van der Waals surface area contributed by atoms with Crippen LogP contribution in [0.4, 0.5) is 14.4 Å². The summed E-state index contributed by atoms with van der Waals surface area (Å²) in [6.07, 6.45) is -1.04. The first-order valence-electron chi connectivity index (χ1n) is 14.7. The van der Waals surface area contributed by atoms with Crippen LogP contribution < -0.4 is 0 Å². The number of aliphatic hydroxyl groups is 1. The fourth-order valence-corrected chi connectivity index (χ4v) is 4.34. The number of carbonyl (C=O) groups is 4. The van der Waals surface area contributed by atoms with Gasteiger partial charge in [0.25, 0.3) is 0 Å². The van der Waals surface area contributed by atoms with E-state index in [2.05, 4.69) is 0 Å². The summed E-state index contributed by atoms with van der Waals surface area (Å²) < 4.78 is 51.3. The van der Waals surface area contributed by atoms with E-state index < -0.39 is 74.5 Å². The van der Waals surface area contributed by atoms with Gasteiger partial charge in [-0.15, -0.1) is 0 Å². The molecule has 0 aromatic rings. The lowest BCUT2D eigenvalue weighted by Crippen LogP contribution is -2.67. The van der Waals surface area contributed by atoms with Gasteiger partial charge in [0.1, 0.15) is 31.0 Å². The molecule has 15 nitrogen and oxygen atoms in total. The molecule has 0 saturated heterocycles. The minimum Gasteiger partial charge on any atom is -0.459 e. The molecule has 0 fully saturated rings. The summed E-state index contributed by atoms with van der Waals surface area (Å²) in [5.74, 6) is -0.574. The zero-order valence-corrected chi connectivity index (χ0v) is 27.4. The highest BCUT2D eigenvalue weighted by Gasteiger charge is 2.62. The van der Waals surface area contributed by atoms with E-state index in [0.29, 0.717) is 19.4 Å². The van der Waals surface area contributed by atoms with E-state index in [0.717, 1.165) is 12.8 Å². The minimum absolute atomic E-state index is 0.0297. The van der Waals surface area contributed by atoms with E-state index >= 15 is 0 Å². The predicted molar refractivity (Wildman–Crippen MR) is 154 cm³/mol. The molecule has 258 valence electrons. The average molecular weight is 641 g/mol. The second-order valence-corrected chi connectivity index (χ2v) is 10.7. The summed E-state index contributed by atoms with van der Waals surface area (Å²) in [7, 11) is 2.80. The Hall–Kier alpha value is -2.88. The molecule has 15 heteroatoms. The molecule has 0 bridgehead atoms. The van der Waals surface area contributed by atoms with Crippen molar-refractivity contribution in [3.8, 4) is 0 Å². The number of unbranched alkanes of at least 4 members (excludes halogenated alkanes) is 2. The number of esters is 1. The van der Waals surface area contributed by atoms with Crippen LogP contribution in [0.3, 0.4) is 0 Å². The Bertz CT molecular complexity index is 847. The van der Waals surface area contributed by atoms with Crippen molar-refractivity contribution in [2.45, 2.75) is 97.4 Å². The third-order valence-corrected chi connectivity index (χ3v) is 6.88. The number of rotatable bonds is 23. The summed E-state index contributed by atoms with van der Waals surface area (Å²) in [5, 5.41) is 12.2. The van der Waals surface area contributed by atoms with Crippen LogP contribution in [-0.2, 0) is 52.2 Å². The Morgan fingerprint density at radius 2 is 1.27 bits per heavy atom. The summed E-state index contributed by atoms with van der Waals surface area (Å²) in [6.45, 7) is 7.25. The summed E-state index contributed by atoms with van der Waals surface area (Å²) in [4.78, 5) is 50.1. The van der Waals surface area contributed by atoms with Gasteiger partial charge in [0, 0.05) is 33.7 Å². The molecule has 0 radical (unpaired) electrons. The Morgan fingerprint density at radius 1 is 0.705 bits per heavy atom. The van der Waals surface area contributed by atoms with Gasteiger partial charge in [-0.3, -0.25) is 4.79 Å². The Morgan fingerprint density at radius 3 is 1.80 bits per heavy atom. The molecule has 0 aromatic heterocycles. The van der Waals surface area contributed by atoms with Gasteiger partial charge in [-0.05, 0) is 40.5 Å². The highest BCUT2D eigenvalue weighted by Crippen LogP contribution is 2.48. The Labute approximate surface area is 260 Å². The van der Waals surface area contributed by atoms with E-state index in [1.165, 1.54) is 28.1 Å². The normalized spacial score (nSPS) is 14.1. The summed E-state index contributed by atoms with van der Waals surface area (Å²) in [6, 6.07) is 0. The van der Waals surface area contributed by atoms with Crippen molar-refractivity contribution in [1.29, 1.82) is 0 Å². The third-order valence-electron chi connectivity index (χ3n) is 6.88. The number of ether oxygens (including phenoxy) is 10. The van der Waals surface area contributed by atoms with E-state index in [-0.39, 0.29) is 25.6 Å². The molecular weight excluding hydrogens is 588 g/mol. The predicted octanol–water partition coefficient (Wildman–Crippen LogP) is 4.50. The van der Waals surface area contributed by atoms with Crippen LogP contribution in [0.5, 0.6) is 0 Å². The van der Waals surface area contributed by atoms with Crippen LogP contribution >= 0.6 is 0 Å². The topological polar surface area (TPSA) is 181 Å². The maximum absolute atomic E-state index is 12.9. The highest BCUT2D eigenvalue weighted by atomic mass is 16.8. The maximum atomic E-state index is 12.9. The third kappa shape index (κ3) is 14.7. The SMILES string of the molecule is CCCCCC(=O)OC(C)(C)C(CC)(COC(=O)OCOC)C(O)(COC(=O)OCCCOC)COC(=O)OCOC(C)C. The molecule has 1 N–H and O–H groups in total. The molecule has 0 aliphatic carbocycles. The van der Waals surface area contributed by atoms with Crippen LogP contribution in [0.2, 0.25) is 0 Å². The highest BCUT2D eigenvalue weighted by molar-refractivity contribution is 5.70. The quantitative estimate of drug-likeness (QED) is 0.0713. The van der Waals surface area contributed by atoms with Gasteiger partial charge in [0.2, 0.25) is 0 Å². The molecule has 2 unspecified atom stereocenters. The smallest absolute Gasteiger partial charge is 0.459 e. The van der Waals surface area contributed by atoms with Crippen molar-refractivity contribution >= 4 is 24.4 Å². The minimum atomic E-state index is -2.35. The van der Waals surface area contributed by atoms with Gasteiger partial charge in [-0.25, -0.2) is 14.4 Å². The molecule has 0 saturated carbocycles. The number of hydrogen-bond acceptors (Lipinski definition) is 15. The fourth-order valence-electron chi connectivity index (χ4n) is 4.34. The lowest BCUT2D eigenvalue weighted by molar-refractivity contribution is -0.245. The molecule has 2 atom stereocenters. The van der Waals surface area contributed by atoms with E-state index in [9.17, 15) is 24.3 Å². The molecule has 0 spiro atoms. The van der Waals surface area contributed by atoms with Crippen molar-refractivity contribution in [1.82, 2.24) is 0 Å². The van der Waals surface area contributed by atoms with Crippen LogP contribution in [0, 0.1) is 5.41 Å². The van der Waals surface area contributed by atoms with Crippen LogP contribution in [0.15, 0.2) is 0 Å². The number of hydrogen-bond donors (Lipinski definition) is 1. The molecule has 0 heterocycles. The first-order valence-corrected chi connectivity index (χ1v) is 14.7. The van der Waals surface area contributed by atoms with E-state index in [4.69, 9.17) is 47.4 Å². The second kappa shape index (κ2) is 21.8. The van der Waals surface area contributed by atoms with Gasteiger partial charge in [-0.2, -0.15) is 0 Å². The fraction of sp³-hybridized carbons (Fsp3) is 0.862. The molecule has 0 amide bonds. The first kappa shape index (κ1) is 41.1. The number of methoxy groups -OCH3 is 2. The molecule has 0 aliphatic rings. The lowest BCUT2D eigenvalue weighted by atomic mass is 9.61. The molecule has 0 aromatic carbocycles. The van der Waals surface area contributed by atoms with Crippen molar-refractivity contribution < 1.29 is 71.7 Å². The second-order valence-electron chi connectivity index (χ2n) is 10.7. The average Bonchev–Trinajstić information content (AvgIpc) is 2.96. The van der Waals surface area contributed by atoms with Crippen LogP contribution in [-0.4, -0.2) is 108 Å². The van der Waals surface area contributed by atoms with E-state index in [1.54, 1.807) is 20.8 Å². The summed E-state index contributed by atoms with van der Waals surface area (Å²) >= 11 is 0. The number of carbonyl (C=O) groups excluding carboxylic acids is 4. The standard InChI is InChI=1S/C29H52O15/c1-9-11-12-14-23(30)44-27(5,6)28(10-2,17-38-25(32)42-20-36-8)29(34,18-39-24(31)37-16-13-15-35-7)19-40-26(33)43-21-41-22(3)4/h22,34H,9-21H2,1-8H3. The van der Waals surface area contributed by atoms with Gasteiger partial charge in [0.15, 0.2) is 13.6 Å². The zero-order valence-electron chi connectivity index (χ0n) is 27.4. The van der Waals surface area contributed by atoms with Gasteiger partial charge < -0.3 is 52.5 Å². The largest absolute Gasteiger partial charge is 0.510 e. The van der Waals surface area contributed by atoms with Gasteiger partial charge >= 0.3 is 24.4 Å². The van der Waals surface area contributed by atoms with Crippen molar-refractivity contribution in [3.05, 3.63) is 0 Å². The monoisotopic (exact) mass is 640 g/mol. The Balaban J connectivity index is 6.43. The molecule has 44 heavy (non-hydrogen) atoms. The lowest BCUT2D eigenvalue weighted by Gasteiger charge is -2.53. The zero-order chi connectivity index (χ0) is 33.7. The van der Waals surface area contributed by atoms with Crippen molar-refractivity contribution in [2.75, 3.05) is 60.8 Å². The van der Waals surface area contributed by atoms with Crippen LogP contribution in [0.1, 0.15) is 80.1 Å². The maximum Gasteiger partial charge on any atom is 0.510 e. The molecule has 0 rings (SSSR count).